The summed E-state index contributed by atoms with van der Waals surface area (Å²) in [6, 6.07) is 6.22. The largest absolute Gasteiger partial charge is 0.497 e. The summed E-state index contributed by atoms with van der Waals surface area (Å²) < 4.78 is 8.34. The van der Waals surface area contributed by atoms with Crippen LogP contribution in [0.3, 0.4) is 0 Å². The molecule has 0 bridgehead atoms. The first-order chi connectivity index (χ1) is 9.94. The second-order valence-electron chi connectivity index (χ2n) is 5.83. The molecule has 1 aliphatic rings. The fourth-order valence-corrected chi connectivity index (χ4v) is 3.69. The number of hydrogen-bond acceptors (Lipinski definition) is 3. The summed E-state index contributed by atoms with van der Waals surface area (Å²) in [5.41, 5.74) is 11.1. The zero-order valence-electron chi connectivity index (χ0n) is 12.6. The van der Waals surface area contributed by atoms with Crippen molar-refractivity contribution in [3.63, 3.8) is 0 Å². The molecule has 1 aromatic carbocycles. The predicted octanol–water partition coefficient (Wildman–Crippen LogP) is 2.84. The molecule has 0 aliphatic heterocycles. The van der Waals surface area contributed by atoms with E-state index in [4.69, 9.17) is 10.5 Å². The maximum absolute atomic E-state index is 6.76. The van der Waals surface area contributed by atoms with E-state index in [-0.39, 0.29) is 5.54 Å². The number of nitrogens with zero attached hydrogens (tertiary/aromatic N) is 2. The highest BCUT2D eigenvalue weighted by Gasteiger charge is 2.37. The third kappa shape index (κ3) is 2.38. The molecule has 0 spiro atoms. The summed E-state index contributed by atoms with van der Waals surface area (Å²) in [5, 5.41) is 4.46. The fraction of sp³-hybridized carbons (Fsp3) is 0.438. The molecule has 112 valence electrons. The van der Waals surface area contributed by atoms with Crippen molar-refractivity contribution in [1.29, 1.82) is 0 Å². The van der Waals surface area contributed by atoms with Gasteiger partial charge < -0.3 is 10.5 Å². The van der Waals surface area contributed by atoms with Crippen LogP contribution in [0.15, 0.2) is 22.7 Å². The second-order valence-corrected chi connectivity index (χ2v) is 6.62. The Morgan fingerprint density at radius 1 is 1.48 bits per heavy atom. The van der Waals surface area contributed by atoms with Crippen LogP contribution < -0.4 is 10.5 Å². The predicted molar refractivity (Wildman–Crippen MR) is 86.5 cm³/mol. The number of fused-ring (bicyclic) bond motifs is 1. The van der Waals surface area contributed by atoms with Gasteiger partial charge in [0.05, 0.1) is 23.0 Å². The van der Waals surface area contributed by atoms with Crippen LogP contribution in [0.1, 0.15) is 28.9 Å². The number of aromatic nitrogens is 2. The molecular weight excluding hydrogens is 330 g/mol. The summed E-state index contributed by atoms with van der Waals surface area (Å²) in [6.07, 6.45) is 2.74. The Bertz CT molecular complexity index is 695. The van der Waals surface area contributed by atoms with Crippen molar-refractivity contribution in [2.75, 3.05) is 7.11 Å². The lowest BCUT2D eigenvalue weighted by atomic mass is 9.88. The van der Waals surface area contributed by atoms with Crippen molar-refractivity contribution in [3.05, 3.63) is 45.2 Å². The molecule has 0 fully saturated rings. The van der Waals surface area contributed by atoms with Gasteiger partial charge >= 0.3 is 0 Å². The van der Waals surface area contributed by atoms with Crippen molar-refractivity contribution in [2.45, 2.75) is 31.7 Å². The van der Waals surface area contributed by atoms with Crippen molar-refractivity contribution in [3.8, 4) is 5.75 Å². The smallest absolute Gasteiger partial charge is 0.119 e. The van der Waals surface area contributed by atoms with Crippen LogP contribution in [-0.2, 0) is 25.4 Å². The van der Waals surface area contributed by atoms with Gasteiger partial charge in [-0.1, -0.05) is 6.07 Å². The minimum absolute atomic E-state index is 0.355. The molecule has 2 aromatic rings. The van der Waals surface area contributed by atoms with E-state index in [1.165, 1.54) is 11.1 Å². The zero-order chi connectivity index (χ0) is 15.2. The van der Waals surface area contributed by atoms with Gasteiger partial charge in [-0.25, -0.2) is 0 Å². The van der Waals surface area contributed by atoms with E-state index in [0.29, 0.717) is 0 Å². The van der Waals surface area contributed by atoms with E-state index >= 15 is 0 Å². The van der Waals surface area contributed by atoms with Crippen LogP contribution in [-0.4, -0.2) is 16.9 Å². The van der Waals surface area contributed by atoms with Crippen molar-refractivity contribution in [1.82, 2.24) is 9.78 Å². The summed E-state index contributed by atoms with van der Waals surface area (Å²) in [4.78, 5) is 0. The van der Waals surface area contributed by atoms with E-state index in [2.05, 4.69) is 33.2 Å². The average molecular weight is 350 g/mol. The summed E-state index contributed by atoms with van der Waals surface area (Å²) in [7, 11) is 3.66. The van der Waals surface area contributed by atoms with Crippen LogP contribution in [0.2, 0.25) is 0 Å². The van der Waals surface area contributed by atoms with Gasteiger partial charge in [-0.2, -0.15) is 5.10 Å². The molecule has 5 heteroatoms. The number of nitrogens with two attached hydrogens (primary N) is 1. The fourth-order valence-electron chi connectivity index (χ4n) is 3.21. The number of halogens is 1. The normalized spacial score (nSPS) is 20.6. The van der Waals surface area contributed by atoms with Gasteiger partial charge in [0.25, 0.3) is 0 Å². The molecule has 1 aliphatic carbocycles. The monoisotopic (exact) mass is 349 g/mol. The molecule has 21 heavy (non-hydrogen) atoms. The molecule has 1 atom stereocenters. The number of rotatable bonds is 3. The van der Waals surface area contributed by atoms with Crippen LogP contribution >= 0.6 is 15.9 Å². The van der Waals surface area contributed by atoms with Gasteiger partial charge in [0.2, 0.25) is 0 Å². The summed E-state index contributed by atoms with van der Waals surface area (Å²) in [5.74, 6) is 0.866. The van der Waals surface area contributed by atoms with Gasteiger partial charge in [0.1, 0.15) is 5.75 Å². The summed E-state index contributed by atoms with van der Waals surface area (Å²) >= 11 is 3.64. The number of hydrogen-bond donors (Lipinski definition) is 1. The van der Waals surface area contributed by atoms with Crippen molar-refractivity contribution >= 4 is 15.9 Å². The van der Waals surface area contributed by atoms with E-state index < -0.39 is 0 Å². The van der Waals surface area contributed by atoms with Gasteiger partial charge in [-0.05, 0) is 59.0 Å². The summed E-state index contributed by atoms with van der Waals surface area (Å²) in [6.45, 7) is 2.00. The number of benzene rings is 1. The molecular formula is C16H20BrN3O. The molecule has 3 rings (SSSR count). The lowest BCUT2D eigenvalue weighted by Gasteiger charge is -2.26. The highest BCUT2D eigenvalue weighted by atomic mass is 79.9. The van der Waals surface area contributed by atoms with Crippen LogP contribution in [0.4, 0.5) is 0 Å². The van der Waals surface area contributed by atoms with Crippen molar-refractivity contribution in [2.24, 2.45) is 12.8 Å². The zero-order valence-corrected chi connectivity index (χ0v) is 14.2. The first kappa shape index (κ1) is 14.6. The number of methoxy groups -OCH3 is 1. The first-order valence-corrected chi connectivity index (χ1v) is 7.88. The quantitative estimate of drug-likeness (QED) is 0.926. The molecule has 1 unspecified atom stereocenters. The molecule has 1 heterocycles. The Kier molecular flexibility index (Phi) is 3.58. The maximum atomic E-state index is 6.76. The van der Waals surface area contributed by atoms with E-state index in [1.807, 2.05) is 24.7 Å². The Morgan fingerprint density at radius 2 is 2.24 bits per heavy atom. The number of ether oxygens (including phenoxy) is 1. The highest BCUT2D eigenvalue weighted by molar-refractivity contribution is 9.10. The molecule has 4 nitrogen and oxygen atoms in total. The maximum Gasteiger partial charge on any atom is 0.119 e. The van der Waals surface area contributed by atoms with E-state index in [1.54, 1.807) is 7.11 Å². The Hall–Kier alpha value is -1.33. The lowest BCUT2D eigenvalue weighted by Crippen LogP contribution is -2.37. The van der Waals surface area contributed by atoms with Crippen LogP contribution in [0.5, 0.6) is 5.75 Å². The molecule has 0 saturated carbocycles. The van der Waals surface area contributed by atoms with Gasteiger partial charge in [0, 0.05) is 19.0 Å². The molecule has 1 aromatic heterocycles. The minimum Gasteiger partial charge on any atom is -0.497 e. The van der Waals surface area contributed by atoms with E-state index in [0.717, 1.165) is 40.9 Å². The molecule has 0 amide bonds. The third-order valence-electron chi connectivity index (χ3n) is 4.44. The van der Waals surface area contributed by atoms with Gasteiger partial charge in [0.15, 0.2) is 0 Å². The third-order valence-corrected chi connectivity index (χ3v) is 5.47. The van der Waals surface area contributed by atoms with Gasteiger partial charge in [-0.15, -0.1) is 0 Å². The van der Waals surface area contributed by atoms with Gasteiger partial charge in [-0.3, -0.25) is 4.68 Å². The van der Waals surface area contributed by atoms with Crippen molar-refractivity contribution < 1.29 is 4.74 Å². The van der Waals surface area contributed by atoms with Crippen LogP contribution in [0.25, 0.3) is 0 Å². The molecule has 0 radical (unpaired) electrons. The Morgan fingerprint density at radius 3 is 2.86 bits per heavy atom. The lowest BCUT2D eigenvalue weighted by molar-refractivity contribution is 0.404. The Labute approximate surface area is 133 Å². The highest BCUT2D eigenvalue weighted by Crippen LogP contribution is 2.40. The minimum atomic E-state index is -0.355. The first-order valence-electron chi connectivity index (χ1n) is 7.09. The standard InChI is InChI=1S/C16H20BrN3O/c1-10-15(17)14(20(2)19-10)9-16(18)7-6-11-4-5-12(21-3)8-13(11)16/h4-5,8H,6-7,9,18H2,1-3H3. The SMILES string of the molecule is COc1ccc2c(c1)C(N)(Cc1c(Br)c(C)nn1C)CC2. The van der Waals surface area contributed by atoms with Crippen LogP contribution in [0, 0.1) is 6.92 Å². The Balaban J connectivity index is 2.01. The topological polar surface area (TPSA) is 53.1 Å². The second kappa shape index (κ2) is 5.14. The molecule has 2 N–H and O–H groups in total. The molecule has 0 saturated heterocycles. The number of aryl methyl sites for hydroxylation is 3. The average Bonchev–Trinajstić information content (AvgIpc) is 2.91. The van der Waals surface area contributed by atoms with E-state index in [9.17, 15) is 0 Å².